The predicted molar refractivity (Wildman–Crippen MR) is 610 cm³/mol. The average molecular weight is 1880 g/mol. The number of rotatable bonds is 14. The molecule has 0 spiro atoms. The fraction of sp³-hybridized carbons (Fsp3) is 0. The molecule has 25 aromatic carbocycles. The summed E-state index contributed by atoms with van der Waals surface area (Å²) in [4.78, 5) is 63.0. The van der Waals surface area contributed by atoms with Crippen LogP contribution in [0.2, 0.25) is 0 Å². The Hall–Kier alpha value is -20.1. The van der Waals surface area contributed by atoms with Crippen LogP contribution in [0.1, 0.15) is 0 Å². The molecule has 148 heavy (non-hydrogen) atoms. The lowest BCUT2D eigenvalue weighted by Gasteiger charge is -2.14. The summed E-state index contributed by atoms with van der Waals surface area (Å²) in [5, 5.41) is 30.2. The third-order valence-corrected chi connectivity index (χ3v) is 28.5. The van der Waals surface area contributed by atoms with E-state index in [4.69, 9.17) is 59.8 Å². The van der Waals surface area contributed by atoms with E-state index in [2.05, 4.69) is 455 Å². The molecule has 0 N–H and O–H groups in total. The van der Waals surface area contributed by atoms with Gasteiger partial charge in [0.25, 0.3) is 0 Å². The van der Waals surface area contributed by atoms with Crippen LogP contribution < -0.4 is 0 Å². The minimum absolute atomic E-state index is 0.335. The van der Waals surface area contributed by atoms with Gasteiger partial charge in [-0.25, -0.2) is 59.8 Å². The first kappa shape index (κ1) is 85.9. The highest BCUT2D eigenvalue weighted by Crippen LogP contribution is 2.43. The Morgan fingerprint density at radius 2 is 0.203 bits per heavy atom. The highest BCUT2D eigenvalue weighted by molar-refractivity contribution is 6.06. The van der Waals surface area contributed by atoms with Gasteiger partial charge in [0, 0.05) is 44.5 Å². The molecule has 0 atom stereocenters. The molecule has 0 aliphatic rings. The zero-order chi connectivity index (χ0) is 97.6. The molecule has 0 saturated carbocycles. The maximum atomic E-state index is 5.39. The van der Waals surface area contributed by atoms with E-state index in [1.165, 1.54) is 86.2 Å². The predicted octanol–water partition coefficient (Wildman–Crippen LogP) is 34.4. The molecule has 0 saturated heterocycles. The molecule has 4 heterocycles. The van der Waals surface area contributed by atoms with Gasteiger partial charge < -0.3 is 0 Å². The topological polar surface area (TPSA) is 155 Å². The van der Waals surface area contributed by atoms with Gasteiger partial charge in [-0.05, 0) is 324 Å². The fourth-order valence-corrected chi connectivity index (χ4v) is 20.8. The van der Waals surface area contributed by atoms with E-state index >= 15 is 0 Å². The van der Waals surface area contributed by atoms with E-state index in [1.807, 2.05) is 42.5 Å². The Bertz CT molecular complexity index is 10000. The Morgan fingerprint density at radius 1 is 0.0676 bits per heavy atom. The van der Waals surface area contributed by atoms with E-state index in [1.54, 1.807) is 0 Å². The molecule has 0 unspecified atom stereocenters. The zero-order valence-electron chi connectivity index (χ0n) is 79.7. The highest BCUT2D eigenvalue weighted by Gasteiger charge is 2.25. The summed E-state index contributed by atoms with van der Waals surface area (Å²) in [6, 6.07) is 176. The summed E-state index contributed by atoms with van der Waals surface area (Å²) >= 11 is 0. The van der Waals surface area contributed by atoms with E-state index in [9.17, 15) is 0 Å². The minimum Gasteiger partial charge on any atom is -0.208 e. The lowest BCUT2D eigenvalue weighted by atomic mass is 9.92. The quantitative estimate of drug-likeness (QED) is 0.0952. The van der Waals surface area contributed by atoms with Crippen LogP contribution in [-0.2, 0) is 0 Å². The maximum absolute atomic E-state index is 5.39. The van der Waals surface area contributed by atoms with E-state index in [-0.39, 0.29) is 0 Å². The molecular formula is C136H82N12. The van der Waals surface area contributed by atoms with Crippen molar-refractivity contribution < 1.29 is 0 Å². The molecule has 29 rings (SSSR count). The molecule has 0 radical (unpaired) electrons. The summed E-state index contributed by atoms with van der Waals surface area (Å²) in [6.45, 7) is 0. The number of fused-ring (bicyclic) bond motifs is 13. The SMILES string of the molecule is c1ccc(-c2nc(-c3cc(-c4ccc5cc6ccccc6cc5c4)cc(-c4ccc5cc6ccccc6cc5c4)c3)nc(-c3nc(-c4ccc5ccccc5c4)nc(-c4ccc5ccccc5c4)n3)n2)cc1.c1ccc2cc(-c3nc(-c4cc(-c5ccc6cc7ccccc7cc6c5)cc(-c5ccc6cc7ccccc7cc6c5)c4)nc(-c4nc(-c5ccc6ccccc6c5)nc(-c5ccc6ccccc6c5)n4)n3)ccc2c1. The van der Waals surface area contributed by atoms with Crippen LogP contribution in [0.15, 0.2) is 497 Å². The van der Waals surface area contributed by atoms with E-state index in [0.29, 0.717) is 69.9 Å². The molecule has 12 heteroatoms. The van der Waals surface area contributed by atoms with Crippen molar-refractivity contribution in [1.29, 1.82) is 0 Å². The smallest absolute Gasteiger partial charge is 0.202 e. The van der Waals surface area contributed by atoms with Crippen LogP contribution in [0.25, 0.3) is 299 Å². The first-order chi connectivity index (χ1) is 73.1. The second-order valence-corrected chi connectivity index (χ2v) is 38.0. The van der Waals surface area contributed by atoms with Gasteiger partial charge in [-0.2, -0.15) is 0 Å². The second-order valence-electron chi connectivity index (χ2n) is 38.0. The Kier molecular flexibility index (Phi) is 21.0. The number of nitrogens with zero attached hydrogens (tertiary/aromatic N) is 12. The molecule has 29 aromatic rings. The first-order valence-corrected chi connectivity index (χ1v) is 49.7. The largest absolute Gasteiger partial charge is 0.208 e. The van der Waals surface area contributed by atoms with Crippen molar-refractivity contribution in [3.05, 3.63) is 497 Å². The summed E-state index contributed by atoms with van der Waals surface area (Å²) in [5.74, 6) is 5.46. The normalized spacial score (nSPS) is 11.6. The molecule has 12 nitrogen and oxygen atoms in total. The maximum Gasteiger partial charge on any atom is 0.202 e. The van der Waals surface area contributed by atoms with E-state index in [0.717, 1.165) is 143 Å². The van der Waals surface area contributed by atoms with Crippen LogP contribution in [0, 0.1) is 0 Å². The van der Waals surface area contributed by atoms with Crippen molar-refractivity contribution in [1.82, 2.24) is 59.8 Å². The molecule has 0 bridgehead atoms. The van der Waals surface area contributed by atoms with Gasteiger partial charge in [-0.3, -0.25) is 0 Å². The number of aromatic nitrogens is 12. The van der Waals surface area contributed by atoms with Gasteiger partial charge in [-0.1, -0.05) is 358 Å². The van der Waals surface area contributed by atoms with Crippen LogP contribution in [-0.4, -0.2) is 59.8 Å². The van der Waals surface area contributed by atoms with Gasteiger partial charge in [0.05, 0.1) is 0 Å². The molecule has 0 amide bonds. The number of hydrogen-bond donors (Lipinski definition) is 0. The van der Waals surface area contributed by atoms with Crippen molar-refractivity contribution in [2.45, 2.75) is 0 Å². The van der Waals surface area contributed by atoms with Gasteiger partial charge >= 0.3 is 0 Å². The van der Waals surface area contributed by atoms with Crippen LogP contribution in [0.5, 0.6) is 0 Å². The molecular weight excluding hydrogens is 1800 g/mol. The Labute approximate surface area is 850 Å². The molecule has 0 fully saturated rings. The number of benzene rings is 25. The van der Waals surface area contributed by atoms with Crippen molar-refractivity contribution in [2.24, 2.45) is 0 Å². The van der Waals surface area contributed by atoms with Crippen LogP contribution >= 0.6 is 0 Å². The van der Waals surface area contributed by atoms with Crippen LogP contribution in [0.3, 0.4) is 0 Å². The van der Waals surface area contributed by atoms with E-state index < -0.39 is 0 Å². The zero-order valence-corrected chi connectivity index (χ0v) is 79.7. The van der Waals surface area contributed by atoms with Crippen LogP contribution in [0.4, 0.5) is 0 Å². The van der Waals surface area contributed by atoms with Crippen molar-refractivity contribution >= 4 is 140 Å². The Balaban J connectivity index is 0.000000143. The first-order valence-electron chi connectivity index (χ1n) is 49.7. The molecule has 686 valence electrons. The van der Waals surface area contributed by atoms with Crippen molar-refractivity contribution in [3.8, 4) is 159 Å². The summed E-state index contributed by atoms with van der Waals surface area (Å²) in [5.41, 5.74) is 15.3. The third-order valence-electron chi connectivity index (χ3n) is 28.5. The lowest BCUT2D eigenvalue weighted by molar-refractivity contribution is 1.00. The lowest BCUT2D eigenvalue weighted by Crippen LogP contribution is -2.06. The Morgan fingerprint density at radius 3 is 0.419 bits per heavy atom. The molecule has 4 aromatic heterocycles. The number of hydrogen-bond acceptors (Lipinski definition) is 12. The van der Waals surface area contributed by atoms with Gasteiger partial charge in [0.1, 0.15) is 0 Å². The standard InChI is InChI=1S/C70H42N6.C66H40N6/c1-4-14-46-33-57(28-21-43(46)11-1)65-71-66(58-29-22-44-12-2-5-15-47(44)34-58)74-69(73-65)70-75-67(59-30-23-45-13-3-6-16-48(45)35-59)72-68(76-70)64-41-62(55-26-24-53-31-49-17-7-9-19-51(49)36-60(53)38-55)40-63(42-64)56-27-25-54-32-50-18-8-10-20-52(50)37-61(54)39-56;1-2-14-43(15-3-1)61-67-64(72-65(69-61)66-70-62(54-28-22-41-12-4-6-16-44(41)32-54)68-63(71-66)55-29-23-42-13-5-7-17-45(42)33-55)60-39-58(52-26-24-50-30-46-18-8-10-20-48(46)34-56(50)36-52)38-59(40-60)53-27-25-51-31-47-19-9-11-21-49(47)35-57(51)37-53/h1-42H;1-40H. The van der Waals surface area contributed by atoms with Crippen molar-refractivity contribution in [2.75, 3.05) is 0 Å². The summed E-state index contributed by atoms with van der Waals surface area (Å²) < 4.78 is 0. The average Bonchev–Trinajstić information content (AvgIpc) is 0.773. The third kappa shape index (κ3) is 16.6. The molecule has 0 aliphatic heterocycles. The van der Waals surface area contributed by atoms with Gasteiger partial charge in [-0.15, -0.1) is 0 Å². The second kappa shape index (κ2) is 36.2. The minimum atomic E-state index is 0.335. The van der Waals surface area contributed by atoms with Gasteiger partial charge in [0.2, 0.25) is 23.3 Å². The monoisotopic (exact) mass is 1880 g/mol. The van der Waals surface area contributed by atoms with Crippen molar-refractivity contribution in [3.63, 3.8) is 0 Å². The highest BCUT2D eigenvalue weighted by atomic mass is 15.1. The van der Waals surface area contributed by atoms with Gasteiger partial charge in [0.15, 0.2) is 46.6 Å². The summed E-state index contributed by atoms with van der Waals surface area (Å²) in [6.07, 6.45) is 0. The molecule has 0 aliphatic carbocycles. The summed E-state index contributed by atoms with van der Waals surface area (Å²) in [7, 11) is 0. The fourth-order valence-electron chi connectivity index (χ4n) is 20.8.